The minimum absolute atomic E-state index is 0. The molecule has 0 aromatic heterocycles. The summed E-state index contributed by atoms with van der Waals surface area (Å²) in [6.45, 7) is 2.79. The molecule has 1 aliphatic heterocycles. The van der Waals surface area contributed by atoms with Crippen LogP contribution in [0.1, 0.15) is 49.4 Å². The van der Waals surface area contributed by atoms with Gasteiger partial charge in [-0.3, -0.25) is 14.5 Å². The molecule has 1 heterocycles. The number of hydrogen-bond donors (Lipinski definition) is 3. The van der Waals surface area contributed by atoms with Crippen LogP contribution in [0.25, 0.3) is 0 Å². The van der Waals surface area contributed by atoms with Gasteiger partial charge in [0, 0.05) is 37.3 Å². The molecule has 1 saturated heterocycles. The average Bonchev–Trinajstić information content (AvgIpc) is 2.96. The van der Waals surface area contributed by atoms with Crippen LogP contribution in [0.15, 0.2) is 24.3 Å². The van der Waals surface area contributed by atoms with Crippen molar-refractivity contribution in [3.63, 3.8) is 0 Å². The Morgan fingerprint density at radius 2 is 1.73 bits per heavy atom. The summed E-state index contributed by atoms with van der Waals surface area (Å²) in [6, 6.07) is 7.08. The van der Waals surface area contributed by atoms with Crippen molar-refractivity contribution in [2.75, 3.05) is 18.4 Å². The van der Waals surface area contributed by atoms with E-state index in [-0.39, 0.29) is 23.3 Å². The number of hydrogen-bond acceptors (Lipinski definition) is 4. The van der Waals surface area contributed by atoms with Gasteiger partial charge in [0.1, 0.15) is 0 Å². The number of aliphatic hydroxyl groups is 1. The highest BCUT2D eigenvalue weighted by Crippen LogP contribution is 2.26. The first kappa shape index (κ1) is 20.4. The topological polar surface area (TPSA) is 113 Å². The summed E-state index contributed by atoms with van der Waals surface area (Å²) in [4.78, 5) is 25.8. The van der Waals surface area contributed by atoms with E-state index in [0.717, 1.165) is 0 Å². The second-order valence-electron chi connectivity index (χ2n) is 7.15. The summed E-state index contributed by atoms with van der Waals surface area (Å²) in [5.74, 6) is -0.335. The number of benzene rings is 1. The first-order chi connectivity index (χ1) is 12.0. The van der Waals surface area contributed by atoms with Gasteiger partial charge in [-0.15, -0.1) is 0 Å². The van der Waals surface area contributed by atoms with Gasteiger partial charge < -0.3 is 21.2 Å². The van der Waals surface area contributed by atoms with Crippen molar-refractivity contribution in [3.05, 3.63) is 29.8 Å². The van der Waals surface area contributed by atoms with E-state index in [0.29, 0.717) is 30.4 Å². The number of anilines is 1. The molecule has 0 radical (unpaired) electrons. The van der Waals surface area contributed by atoms with Crippen LogP contribution in [-0.2, 0) is 4.79 Å². The number of aliphatic hydroxyl groups excluding tert-OH is 1. The number of nitrogens with zero attached hydrogens (tertiary/aromatic N) is 1. The summed E-state index contributed by atoms with van der Waals surface area (Å²) in [5, 5.41) is 16.0. The van der Waals surface area contributed by atoms with E-state index in [1.807, 2.05) is 0 Å². The lowest BCUT2D eigenvalue weighted by Gasteiger charge is -2.30. The highest BCUT2D eigenvalue weighted by Gasteiger charge is 2.36. The van der Waals surface area contributed by atoms with Crippen molar-refractivity contribution in [1.29, 1.82) is 0 Å². The van der Waals surface area contributed by atoms with Crippen LogP contribution in [0.3, 0.4) is 0 Å². The highest BCUT2D eigenvalue weighted by molar-refractivity contribution is 5.95. The Kier molecular flexibility index (Phi) is 7.14. The fourth-order valence-electron chi connectivity index (χ4n) is 3.86. The third-order valence-electron chi connectivity index (χ3n) is 5.19. The van der Waals surface area contributed by atoms with Crippen molar-refractivity contribution in [1.82, 2.24) is 10.2 Å². The van der Waals surface area contributed by atoms with Gasteiger partial charge in [0.25, 0.3) is 5.91 Å². The normalized spacial score (nSPS) is 23.9. The molecule has 144 valence electrons. The molecule has 2 fully saturated rings. The van der Waals surface area contributed by atoms with Crippen LogP contribution in [-0.4, -0.2) is 58.6 Å². The molecular weight excluding hydrogens is 334 g/mol. The van der Waals surface area contributed by atoms with Crippen LogP contribution < -0.4 is 10.6 Å². The van der Waals surface area contributed by atoms with Gasteiger partial charge in [-0.05, 0) is 37.1 Å². The van der Waals surface area contributed by atoms with Gasteiger partial charge >= 0.3 is 0 Å². The SMILES string of the molecule is CC(=O)Nc1ccc(C(=O)NC2CN(C3CCCCC3)CC2O)cc1.O. The molecule has 7 heteroatoms. The first-order valence-corrected chi connectivity index (χ1v) is 9.13. The molecule has 1 saturated carbocycles. The maximum absolute atomic E-state index is 12.4. The van der Waals surface area contributed by atoms with Crippen molar-refractivity contribution < 1.29 is 20.2 Å². The standard InChI is InChI=1S/C19H27N3O3.H2O/c1-13(23)20-15-9-7-14(8-10-15)19(25)21-17-11-22(12-18(17)24)16-5-3-2-4-6-16;/h7-10,16-18,24H,2-6,11-12H2,1H3,(H,20,23)(H,21,25);1H2. The molecule has 2 aliphatic rings. The molecule has 1 aliphatic carbocycles. The van der Waals surface area contributed by atoms with E-state index in [4.69, 9.17) is 0 Å². The van der Waals surface area contributed by atoms with Gasteiger partial charge in [0.05, 0.1) is 12.1 Å². The molecule has 5 N–H and O–H groups in total. The fourth-order valence-corrected chi connectivity index (χ4v) is 3.86. The molecule has 2 amide bonds. The third-order valence-corrected chi connectivity index (χ3v) is 5.19. The number of β-amino-alcohol motifs (C(OH)–C–C–N with tert-alkyl or cyclic N) is 1. The Labute approximate surface area is 154 Å². The van der Waals surface area contributed by atoms with E-state index in [9.17, 15) is 14.7 Å². The minimum Gasteiger partial charge on any atom is -0.412 e. The molecule has 7 nitrogen and oxygen atoms in total. The largest absolute Gasteiger partial charge is 0.412 e. The summed E-state index contributed by atoms with van der Waals surface area (Å²) in [7, 11) is 0. The van der Waals surface area contributed by atoms with Crippen LogP contribution in [0.5, 0.6) is 0 Å². The van der Waals surface area contributed by atoms with E-state index >= 15 is 0 Å². The zero-order chi connectivity index (χ0) is 17.8. The lowest BCUT2D eigenvalue weighted by atomic mass is 9.94. The van der Waals surface area contributed by atoms with Gasteiger partial charge in [0.2, 0.25) is 5.91 Å². The zero-order valence-corrected chi connectivity index (χ0v) is 15.2. The van der Waals surface area contributed by atoms with Crippen LogP contribution in [0.4, 0.5) is 5.69 Å². The number of carbonyl (C=O) groups excluding carboxylic acids is 2. The predicted octanol–water partition coefficient (Wildman–Crippen LogP) is 0.928. The Bertz CT molecular complexity index is 614. The lowest BCUT2D eigenvalue weighted by Crippen LogP contribution is -2.43. The number of nitrogens with one attached hydrogen (secondary N) is 2. The monoisotopic (exact) mass is 363 g/mol. The molecular formula is C19H29N3O4. The molecule has 3 rings (SSSR count). The van der Waals surface area contributed by atoms with E-state index in [1.165, 1.54) is 39.0 Å². The quantitative estimate of drug-likeness (QED) is 0.738. The molecule has 0 bridgehead atoms. The summed E-state index contributed by atoms with van der Waals surface area (Å²) in [6.07, 6.45) is 5.69. The second-order valence-corrected chi connectivity index (χ2v) is 7.15. The molecule has 1 aromatic carbocycles. The average molecular weight is 363 g/mol. The predicted molar refractivity (Wildman–Crippen MR) is 100 cm³/mol. The van der Waals surface area contributed by atoms with E-state index < -0.39 is 6.10 Å². The number of rotatable bonds is 4. The summed E-state index contributed by atoms with van der Waals surface area (Å²) in [5.41, 5.74) is 1.19. The van der Waals surface area contributed by atoms with E-state index in [2.05, 4.69) is 15.5 Å². The summed E-state index contributed by atoms with van der Waals surface area (Å²) >= 11 is 0. The van der Waals surface area contributed by atoms with Crippen molar-refractivity contribution in [2.45, 2.75) is 57.2 Å². The van der Waals surface area contributed by atoms with E-state index in [1.54, 1.807) is 24.3 Å². The fraction of sp³-hybridized carbons (Fsp3) is 0.579. The first-order valence-electron chi connectivity index (χ1n) is 9.13. The maximum Gasteiger partial charge on any atom is 0.251 e. The molecule has 2 atom stereocenters. The molecule has 0 spiro atoms. The number of likely N-dealkylation sites (tertiary alicyclic amines) is 1. The van der Waals surface area contributed by atoms with Crippen molar-refractivity contribution in [3.8, 4) is 0 Å². The number of amides is 2. The third kappa shape index (κ3) is 5.03. The number of carbonyl (C=O) groups is 2. The van der Waals surface area contributed by atoms with Crippen LogP contribution >= 0.6 is 0 Å². The van der Waals surface area contributed by atoms with Gasteiger partial charge in [-0.2, -0.15) is 0 Å². The summed E-state index contributed by atoms with van der Waals surface area (Å²) < 4.78 is 0. The molecule has 2 unspecified atom stereocenters. The van der Waals surface area contributed by atoms with Crippen LogP contribution in [0, 0.1) is 0 Å². The van der Waals surface area contributed by atoms with Crippen LogP contribution in [0.2, 0.25) is 0 Å². The minimum atomic E-state index is -0.524. The Hall–Kier alpha value is -1.96. The Balaban J connectivity index is 0.00000243. The van der Waals surface area contributed by atoms with Gasteiger partial charge in [-0.1, -0.05) is 19.3 Å². The van der Waals surface area contributed by atoms with Crippen molar-refractivity contribution >= 4 is 17.5 Å². The molecule has 1 aromatic rings. The molecule has 26 heavy (non-hydrogen) atoms. The van der Waals surface area contributed by atoms with Gasteiger partial charge in [-0.25, -0.2) is 0 Å². The zero-order valence-electron chi connectivity index (χ0n) is 15.2. The Morgan fingerprint density at radius 1 is 1.08 bits per heavy atom. The van der Waals surface area contributed by atoms with Crippen molar-refractivity contribution in [2.24, 2.45) is 0 Å². The lowest BCUT2D eigenvalue weighted by molar-refractivity contribution is -0.114. The maximum atomic E-state index is 12.4. The van der Waals surface area contributed by atoms with Gasteiger partial charge in [0.15, 0.2) is 0 Å². The second kappa shape index (κ2) is 9.12. The highest BCUT2D eigenvalue weighted by atomic mass is 16.3. The Morgan fingerprint density at radius 3 is 2.35 bits per heavy atom. The smallest absolute Gasteiger partial charge is 0.251 e.